The van der Waals surface area contributed by atoms with Crippen molar-refractivity contribution in [3.05, 3.63) is 70.9 Å². The number of carbonyl (C=O) groups excluding carboxylic acids is 1. The number of benzene rings is 2. The Balaban J connectivity index is 1.61. The number of sulfone groups is 1. The fraction of sp³-hybridized carbons (Fsp3) is 0.273. The molecule has 2 aromatic carbocycles. The lowest BCUT2D eigenvalue weighted by Crippen LogP contribution is -2.40. The van der Waals surface area contributed by atoms with E-state index in [0.717, 1.165) is 11.1 Å². The maximum Gasteiger partial charge on any atom is 0.276 e. The smallest absolute Gasteiger partial charge is 0.276 e. The van der Waals surface area contributed by atoms with Crippen LogP contribution in [0.5, 0.6) is 5.75 Å². The first-order valence-corrected chi connectivity index (χ1v) is 11.9. The van der Waals surface area contributed by atoms with Crippen molar-refractivity contribution in [1.82, 2.24) is 10.1 Å². The molecular weight excluding hydrogens is 440 g/mol. The number of hydrogen-bond acceptors (Lipinski definition) is 6. The van der Waals surface area contributed by atoms with E-state index in [0.29, 0.717) is 23.0 Å². The Labute approximate surface area is 185 Å². The van der Waals surface area contributed by atoms with Gasteiger partial charge in [0.15, 0.2) is 21.3 Å². The molecule has 7 nitrogen and oxygen atoms in total. The fourth-order valence-corrected chi connectivity index (χ4v) is 5.58. The molecule has 1 aromatic heterocycles. The molecule has 2 heterocycles. The molecule has 0 aliphatic carbocycles. The molecule has 3 aromatic rings. The molecule has 1 amide bonds. The molecule has 1 saturated heterocycles. The molecule has 1 atom stereocenters. The first-order valence-electron chi connectivity index (χ1n) is 9.71. The van der Waals surface area contributed by atoms with E-state index >= 15 is 0 Å². The number of halogens is 1. The second kappa shape index (κ2) is 8.72. The van der Waals surface area contributed by atoms with Gasteiger partial charge in [-0.3, -0.25) is 4.79 Å². The van der Waals surface area contributed by atoms with E-state index in [9.17, 15) is 13.2 Å². The van der Waals surface area contributed by atoms with Crippen LogP contribution >= 0.6 is 11.6 Å². The van der Waals surface area contributed by atoms with E-state index in [4.69, 9.17) is 20.9 Å². The van der Waals surface area contributed by atoms with E-state index < -0.39 is 15.9 Å². The molecule has 0 N–H and O–H groups in total. The maximum atomic E-state index is 13.3. The third-order valence-electron chi connectivity index (χ3n) is 5.26. The summed E-state index contributed by atoms with van der Waals surface area (Å²) in [4.78, 5) is 14.9. The van der Waals surface area contributed by atoms with Crippen molar-refractivity contribution in [2.24, 2.45) is 0 Å². The van der Waals surface area contributed by atoms with Gasteiger partial charge >= 0.3 is 0 Å². The van der Waals surface area contributed by atoms with Crippen molar-refractivity contribution in [3.63, 3.8) is 0 Å². The largest absolute Gasteiger partial charge is 0.497 e. The van der Waals surface area contributed by atoms with Crippen molar-refractivity contribution in [2.75, 3.05) is 18.6 Å². The van der Waals surface area contributed by atoms with Gasteiger partial charge in [0.05, 0.1) is 18.6 Å². The lowest BCUT2D eigenvalue weighted by atomic mass is 10.1. The van der Waals surface area contributed by atoms with Crippen LogP contribution in [-0.2, 0) is 16.4 Å². The van der Waals surface area contributed by atoms with Crippen LogP contribution in [0.4, 0.5) is 0 Å². The summed E-state index contributed by atoms with van der Waals surface area (Å²) >= 11 is 6.09. The van der Waals surface area contributed by atoms with Crippen LogP contribution in [0.25, 0.3) is 11.3 Å². The summed E-state index contributed by atoms with van der Waals surface area (Å²) in [6.45, 7) is 0.226. The number of carbonyl (C=O) groups is 1. The third kappa shape index (κ3) is 4.91. The molecule has 0 saturated carbocycles. The summed E-state index contributed by atoms with van der Waals surface area (Å²) in [6, 6.07) is 15.5. The Morgan fingerprint density at radius 2 is 2.00 bits per heavy atom. The van der Waals surface area contributed by atoms with Gasteiger partial charge in [0.1, 0.15) is 5.75 Å². The highest BCUT2D eigenvalue weighted by Gasteiger charge is 2.36. The Kier molecular flexibility index (Phi) is 6.02. The van der Waals surface area contributed by atoms with Crippen LogP contribution < -0.4 is 4.74 Å². The number of methoxy groups -OCH3 is 1. The van der Waals surface area contributed by atoms with Crippen molar-refractivity contribution < 1.29 is 22.5 Å². The highest BCUT2D eigenvalue weighted by atomic mass is 35.5. The molecule has 1 aliphatic rings. The van der Waals surface area contributed by atoms with E-state index in [2.05, 4.69) is 5.16 Å². The van der Waals surface area contributed by atoms with Gasteiger partial charge in [-0.05, 0) is 48.4 Å². The zero-order valence-corrected chi connectivity index (χ0v) is 18.4. The van der Waals surface area contributed by atoms with Crippen molar-refractivity contribution in [2.45, 2.75) is 19.0 Å². The lowest BCUT2D eigenvalue weighted by Gasteiger charge is -2.27. The predicted octanol–water partition coefficient (Wildman–Crippen LogP) is 3.83. The van der Waals surface area contributed by atoms with Crippen LogP contribution in [-0.4, -0.2) is 49.0 Å². The van der Waals surface area contributed by atoms with Crippen molar-refractivity contribution in [1.29, 1.82) is 0 Å². The number of hydrogen-bond donors (Lipinski definition) is 0. The van der Waals surface area contributed by atoms with Gasteiger partial charge in [0.25, 0.3) is 5.91 Å². The van der Waals surface area contributed by atoms with E-state index in [1.54, 1.807) is 60.5 Å². The number of aromatic nitrogens is 1. The molecule has 0 spiro atoms. The Bertz CT molecular complexity index is 1190. The summed E-state index contributed by atoms with van der Waals surface area (Å²) < 4.78 is 34.6. The second-order valence-corrected chi connectivity index (χ2v) is 10.1. The summed E-state index contributed by atoms with van der Waals surface area (Å²) in [5.74, 6) is 0.753. The van der Waals surface area contributed by atoms with Gasteiger partial charge in [0.2, 0.25) is 0 Å². The zero-order chi connectivity index (χ0) is 22.0. The average molecular weight is 461 g/mol. The maximum absolute atomic E-state index is 13.3. The minimum Gasteiger partial charge on any atom is -0.497 e. The Morgan fingerprint density at radius 1 is 1.23 bits per heavy atom. The van der Waals surface area contributed by atoms with Crippen molar-refractivity contribution in [3.8, 4) is 17.1 Å². The molecule has 0 radical (unpaired) electrons. The van der Waals surface area contributed by atoms with Gasteiger partial charge < -0.3 is 14.2 Å². The quantitative estimate of drug-likeness (QED) is 0.555. The van der Waals surface area contributed by atoms with Crippen LogP contribution in [0.1, 0.15) is 22.5 Å². The summed E-state index contributed by atoms with van der Waals surface area (Å²) in [5.41, 5.74) is 1.68. The molecule has 0 unspecified atom stereocenters. The summed E-state index contributed by atoms with van der Waals surface area (Å²) in [6.07, 6.45) is 0.387. The van der Waals surface area contributed by atoms with E-state index in [-0.39, 0.29) is 29.7 Å². The lowest BCUT2D eigenvalue weighted by molar-refractivity contribution is 0.0670. The van der Waals surface area contributed by atoms with Crippen molar-refractivity contribution >= 4 is 27.3 Å². The summed E-state index contributed by atoms with van der Waals surface area (Å²) in [5, 5.41) is 4.50. The van der Waals surface area contributed by atoms with Gasteiger partial charge in [-0.2, -0.15) is 0 Å². The molecule has 0 bridgehead atoms. The molecule has 9 heteroatoms. The van der Waals surface area contributed by atoms with E-state index in [1.807, 2.05) is 6.07 Å². The van der Waals surface area contributed by atoms with Gasteiger partial charge in [-0.25, -0.2) is 8.42 Å². The summed E-state index contributed by atoms with van der Waals surface area (Å²) in [7, 11) is -1.60. The molecule has 1 aliphatic heterocycles. The zero-order valence-electron chi connectivity index (χ0n) is 16.8. The molecule has 1 fully saturated rings. The molecular formula is C22H21ClN2O5S. The van der Waals surface area contributed by atoms with Crippen LogP contribution in [0.15, 0.2) is 59.1 Å². The SMILES string of the molecule is COc1ccc(-c2cc(C(=O)N(Cc3cccc(Cl)c3)[C@@H]3CCS(=O)(=O)C3)no2)cc1. The van der Waals surface area contributed by atoms with Gasteiger partial charge in [0, 0.05) is 29.2 Å². The number of ether oxygens (including phenoxy) is 1. The first-order chi connectivity index (χ1) is 14.8. The highest BCUT2D eigenvalue weighted by Crippen LogP contribution is 2.26. The second-order valence-electron chi connectivity index (χ2n) is 7.42. The minimum absolute atomic E-state index is 0.0624. The average Bonchev–Trinajstić information content (AvgIpc) is 3.38. The predicted molar refractivity (Wildman–Crippen MR) is 117 cm³/mol. The topological polar surface area (TPSA) is 89.7 Å². The Hall–Kier alpha value is -2.84. The standard InChI is InChI=1S/C22H21ClN2O5S/c1-29-19-7-5-16(6-8-19)21-12-20(24-30-21)22(26)25(18-9-10-31(27,28)14-18)13-15-3-2-4-17(23)11-15/h2-8,11-12,18H,9-10,13-14H2,1H3/t18-/m1/s1. The molecule has 4 rings (SSSR count). The van der Waals surface area contributed by atoms with Gasteiger partial charge in [-0.15, -0.1) is 0 Å². The monoisotopic (exact) mass is 460 g/mol. The van der Waals surface area contributed by atoms with Crippen LogP contribution in [0.2, 0.25) is 5.02 Å². The number of rotatable bonds is 6. The molecule has 31 heavy (non-hydrogen) atoms. The number of amides is 1. The third-order valence-corrected chi connectivity index (χ3v) is 7.24. The Morgan fingerprint density at radius 3 is 2.65 bits per heavy atom. The van der Waals surface area contributed by atoms with Crippen LogP contribution in [0.3, 0.4) is 0 Å². The van der Waals surface area contributed by atoms with Gasteiger partial charge in [-0.1, -0.05) is 28.9 Å². The van der Waals surface area contributed by atoms with Crippen LogP contribution in [0, 0.1) is 0 Å². The minimum atomic E-state index is -3.18. The first kappa shape index (κ1) is 21.4. The normalized spacial score (nSPS) is 17.4. The highest BCUT2D eigenvalue weighted by molar-refractivity contribution is 7.91. The van der Waals surface area contributed by atoms with E-state index in [1.165, 1.54) is 0 Å². The molecule has 162 valence electrons. The fourth-order valence-electron chi connectivity index (χ4n) is 3.63. The number of nitrogens with zero attached hydrogens (tertiary/aromatic N) is 2.